The fraction of sp³-hybridized carbons (Fsp3) is 0.400. The number of alkyl halides is 1. The zero-order valence-corrected chi connectivity index (χ0v) is 13.7. The monoisotopic (exact) mass is 398 g/mol. The molecule has 7 heteroatoms. The molecule has 0 fully saturated rings. The van der Waals surface area contributed by atoms with Crippen LogP contribution < -0.4 is 0 Å². The number of nitrogens with zero attached hydrogens (tertiary/aromatic N) is 2. The van der Waals surface area contributed by atoms with Crippen molar-refractivity contribution < 1.29 is 4.52 Å². The van der Waals surface area contributed by atoms with Gasteiger partial charge in [-0.25, -0.2) is 0 Å². The predicted octanol–water partition coefficient (Wildman–Crippen LogP) is 5.40. The van der Waals surface area contributed by atoms with Crippen molar-refractivity contribution in [3.05, 3.63) is 19.5 Å². The van der Waals surface area contributed by atoms with Crippen LogP contribution in [0.5, 0.6) is 0 Å². The van der Waals surface area contributed by atoms with E-state index in [1.165, 1.54) is 0 Å². The Balaban J connectivity index is 2.26. The van der Waals surface area contributed by atoms with E-state index in [0.717, 1.165) is 26.0 Å². The first-order valence-corrected chi connectivity index (χ1v) is 7.88. The molecule has 0 aromatic carbocycles. The molecule has 2 rings (SSSR count). The number of hydrogen-bond acceptors (Lipinski definition) is 4. The minimum absolute atomic E-state index is 0.182. The first kappa shape index (κ1) is 13.5. The molecule has 0 spiro atoms. The highest BCUT2D eigenvalue weighted by atomic mass is 79.9. The van der Waals surface area contributed by atoms with Crippen molar-refractivity contribution in [2.24, 2.45) is 0 Å². The second-order valence-corrected chi connectivity index (χ2v) is 7.73. The van der Waals surface area contributed by atoms with E-state index in [9.17, 15) is 0 Å². The van der Waals surface area contributed by atoms with Crippen LogP contribution in [0.25, 0.3) is 11.5 Å². The van der Waals surface area contributed by atoms with E-state index in [2.05, 4.69) is 48.9 Å². The molecule has 0 bridgehead atoms. The van der Waals surface area contributed by atoms with Crippen LogP contribution in [-0.2, 0) is 0 Å². The number of thiophene rings is 1. The van der Waals surface area contributed by atoms with Gasteiger partial charge < -0.3 is 4.52 Å². The molecule has 0 aliphatic rings. The summed E-state index contributed by atoms with van der Waals surface area (Å²) >= 11 is 14.6. The van der Waals surface area contributed by atoms with Crippen molar-refractivity contribution in [3.63, 3.8) is 0 Å². The number of halogens is 3. The Kier molecular flexibility index (Phi) is 4.63. The highest BCUT2D eigenvalue weighted by molar-refractivity contribution is 9.12. The van der Waals surface area contributed by atoms with Crippen LogP contribution in [0.1, 0.15) is 31.0 Å². The van der Waals surface area contributed by atoms with Crippen LogP contribution in [0.15, 0.2) is 18.2 Å². The molecule has 0 aliphatic heterocycles. The number of rotatable bonds is 4. The third kappa shape index (κ3) is 3.10. The van der Waals surface area contributed by atoms with Gasteiger partial charge in [0.2, 0.25) is 0 Å². The molecular formula is C10H9Br2ClN2OS. The molecule has 0 radical (unpaired) electrons. The number of aromatic nitrogens is 2. The zero-order valence-electron chi connectivity index (χ0n) is 8.91. The van der Waals surface area contributed by atoms with E-state index in [0.29, 0.717) is 11.7 Å². The maximum Gasteiger partial charge on any atom is 0.260 e. The molecular weight excluding hydrogens is 391 g/mol. The van der Waals surface area contributed by atoms with Crippen LogP contribution in [0.4, 0.5) is 0 Å². The van der Waals surface area contributed by atoms with E-state index in [1.807, 2.05) is 6.07 Å². The van der Waals surface area contributed by atoms with Crippen LogP contribution in [0.3, 0.4) is 0 Å². The first-order chi connectivity index (χ1) is 8.11. The molecule has 2 aromatic rings. The van der Waals surface area contributed by atoms with Gasteiger partial charge in [0, 0.05) is 0 Å². The van der Waals surface area contributed by atoms with Gasteiger partial charge in [-0.2, -0.15) is 4.98 Å². The van der Waals surface area contributed by atoms with Gasteiger partial charge in [0.1, 0.15) is 0 Å². The summed E-state index contributed by atoms with van der Waals surface area (Å²) in [4.78, 5) is 4.32. The first-order valence-electron chi connectivity index (χ1n) is 5.04. The lowest BCUT2D eigenvalue weighted by molar-refractivity contribution is 0.420. The van der Waals surface area contributed by atoms with Gasteiger partial charge in [0.15, 0.2) is 5.82 Å². The molecule has 17 heavy (non-hydrogen) atoms. The Bertz CT molecular complexity index is 514. The van der Waals surface area contributed by atoms with Gasteiger partial charge in [0.25, 0.3) is 5.89 Å². The van der Waals surface area contributed by atoms with Crippen molar-refractivity contribution in [1.29, 1.82) is 0 Å². The Morgan fingerprint density at radius 3 is 2.88 bits per heavy atom. The Morgan fingerprint density at radius 2 is 2.29 bits per heavy atom. The quantitative estimate of drug-likeness (QED) is 0.645. The van der Waals surface area contributed by atoms with E-state index < -0.39 is 0 Å². The minimum Gasteiger partial charge on any atom is -0.334 e. The molecule has 0 aliphatic carbocycles. The Morgan fingerprint density at radius 1 is 1.53 bits per heavy atom. The minimum atomic E-state index is -0.182. The summed E-state index contributed by atoms with van der Waals surface area (Å²) in [6, 6.07) is 1.94. The van der Waals surface area contributed by atoms with Crippen LogP contribution in [0.2, 0.25) is 0 Å². The van der Waals surface area contributed by atoms with Crippen LogP contribution in [-0.4, -0.2) is 10.1 Å². The molecule has 0 N–H and O–H groups in total. The molecule has 2 aromatic heterocycles. The molecule has 1 atom stereocenters. The Labute approximate surface area is 125 Å². The van der Waals surface area contributed by atoms with Gasteiger partial charge >= 0.3 is 0 Å². The molecule has 3 nitrogen and oxygen atoms in total. The second-order valence-electron chi connectivity index (χ2n) is 3.45. The van der Waals surface area contributed by atoms with Crippen molar-refractivity contribution in [2.75, 3.05) is 0 Å². The normalized spacial score (nSPS) is 12.9. The van der Waals surface area contributed by atoms with Crippen LogP contribution in [0, 0.1) is 0 Å². The molecule has 2 heterocycles. The summed E-state index contributed by atoms with van der Waals surface area (Å²) < 4.78 is 7.19. The van der Waals surface area contributed by atoms with Gasteiger partial charge in [0.05, 0.1) is 18.5 Å². The van der Waals surface area contributed by atoms with E-state index in [-0.39, 0.29) is 5.38 Å². The van der Waals surface area contributed by atoms with E-state index in [4.69, 9.17) is 16.1 Å². The van der Waals surface area contributed by atoms with E-state index in [1.54, 1.807) is 11.3 Å². The standard InChI is InChI=1S/C10H9Br2ClN2OS/c1-2-3-6(13)9-14-10(16-15-9)5-4-7(11)17-8(5)12/h4,6H,2-3H2,1H3. The van der Waals surface area contributed by atoms with Crippen LogP contribution >= 0.6 is 54.8 Å². The van der Waals surface area contributed by atoms with Crippen molar-refractivity contribution >= 4 is 54.8 Å². The summed E-state index contributed by atoms with van der Waals surface area (Å²) in [5, 5.41) is 3.73. The summed E-state index contributed by atoms with van der Waals surface area (Å²) in [6.07, 6.45) is 1.83. The maximum absolute atomic E-state index is 6.15. The molecule has 1 unspecified atom stereocenters. The SMILES string of the molecule is CCCC(Cl)c1noc(-c2cc(Br)sc2Br)n1. The molecule has 92 valence electrons. The summed E-state index contributed by atoms with van der Waals surface area (Å²) in [6.45, 7) is 2.07. The Hall–Kier alpha value is 0.0900. The molecule has 0 saturated heterocycles. The maximum atomic E-state index is 6.15. The summed E-state index contributed by atoms with van der Waals surface area (Å²) in [5.41, 5.74) is 0.890. The van der Waals surface area contributed by atoms with Gasteiger partial charge in [-0.1, -0.05) is 18.5 Å². The van der Waals surface area contributed by atoms with Gasteiger partial charge in [-0.3, -0.25) is 0 Å². The van der Waals surface area contributed by atoms with E-state index >= 15 is 0 Å². The second kappa shape index (κ2) is 5.82. The highest BCUT2D eigenvalue weighted by Gasteiger charge is 2.18. The smallest absolute Gasteiger partial charge is 0.260 e. The predicted molar refractivity (Wildman–Crippen MR) is 76.5 cm³/mol. The molecule has 0 saturated carbocycles. The lowest BCUT2D eigenvalue weighted by atomic mass is 10.2. The lowest BCUT2D eigenvalue weighted by Gasteiger charge is -1.99. The summed E-state index contributed by atoms with van der Waals surface area (Å²) in [7, 11) is 0. The molecule has 0 amide bonds. The third-order valence-corrected chi connectivity index (χ3v) is 4.90. The average molecular weight is 401 g/mol. The van der Waals surface area contributed by atoms with Crippen molar-refractivity contribution in [2.45, 2.75) is 25.1 Å². The van der Waals surface area contributed by atoms with Gasteiger partial charge in [-0.05, 0) is 44.3 Å². The average Bonchev–Trinajstić information content (AvgIpc) is 2.85. The van der Waals surface area contributed by atoms with Crippen molar-refractivity contribution in [3.8, 4) is 11.5 Å². The topological polar surface area (TPSA) is 38.9 Å². The largest absolute Gasteiger partial charge is 0.334 e. The summed E-state index contributed by atoms with van der Waals surface area (Å²) in [5.74, 6) is 1.05. The third-order valence-electron chi connectivity index (χ3n) is 2.15. The number of hydrogen-bond donors (Lipinski definition) is 0. The highest BCUT2D eigenvalue weighted by Crippen LogP contribution is 2.38. The fourth-order valence-electron chi connectivity index (χ4n) is 1.34. The lowest BCUT2D eigenvalue weighted by Crippen LogP contribution is -1.92. The fourth-order valence-corrected chi connectivity index (χ4v) is 4.42. The van der Waals surface area contributed by atoms with Gasteiger partial charge in [-0.15, -0.1) is 22.9 Å². The zero-order chi connectivity index (χ0) is 12.4. The van der Waals surface area contributed by atoms with Crippen molar-refractivity contribution in [1.82, 2.24) is 10.1 Å².